The third-order valence-corrected chi connectivity index (χ3v) is 5.63. The average Bonchev–Trinajstić information content (AvgIpc) is 2.92. The van der Waals surface area contributed by atoms with E-state index >= 15 is 0 Å². The molecule has 0 aliphatic carbocycles. The summed E-state index contributed by atoms with van der Waals surface area (Å²) in [6, 6.07) is 5.95. The Morgan fingerprint density at radius 1 is 1.08 bits per heavy atom. The number of benzene rings is 1. The van der Waals surface area contributed by atoms with Crippen LogP contribution >= 0.6 is 23.8 Å². The van der Waals surface area contributed by atoms with Crippen LogP contribution < -0.4 is 0 Å². The zero-order chi connectivity index (χ0) is 18.0. The first-order chi connectivity index (χ1) is 12.0. The summed E-state index contributed by atoms with van der Waals surface area (Å²) in [5.41, 5.74) is 2.11. The highest BCUT2D eigenvalue weighted by atomic mass is 35.5. The van der Waals surface area contributed by atoms with E-state index in [1.54, 1.807) is 0 Å². The fourth-order valence-corrected chi connectivity index (χ4v) is 3.85. The maximum absolute atomic E-state index is 6.26. The summed E-state index contributed by atoms with van der Waals surface area (Å²) in [5.74, 6) is 0.732. The molecule has 2 heterocycles. The van der Waals surface area contributed by atoms with Gasteiger partial charge in [-0.1, -0.05) is 31.5 Å². The molecule has 1 aliphatic rings. The molecule has 6 heteroatoms. The maximum Gasteiger partial charge on any atom is 0.185 e. The minimum atomic E-state index is 0.732. The Hall–Kier alpha value is -1.14. The Morgan fingerprint density at radius 2 is 1.76 bits per heavy atom. The van der Waals surface area contributed by atoms with Gasteiger partial charge in [-0.25, -0.2) is 0 Å². The van der Waals surface area contributed by atoms with Crippen LogP contribution in [-0.4, -0.2) is 51.7 Å². The molecule has 136 valence electrons. The van der Waals surface area contributed by atoms with Gasteiger partial charge >= 0.3 is 0 Å². The van der Waals surface area contributed by atoms with E-state index in [0.717, 1.165) is 59.8 Å². The molecule has 0 saturated carbocycles. The lowest BCUT2D eigenvalue weighted by atomic mass is 10.2. The molecule has 1 fully saturated rings. The van der Waals surface area contributed by atoms with Crippen LogP contribution in [0, 0.1) is 17.6 Å². The summed E-state index contributed by atoms with van der Waals surface area (Å²) >= 11 is 12.0. The summed E-state index contributed by atoms with van der Waals surface area (Å²) in [6.07, 6.45) is 4.11. The summed E-state index contributed by atoms with van der Waals surface area (Å²) in [6.45, 7) is 13.1. The summed E-state index contributed by atoms with van der Waals surface area (Å²) in [7, 11) is 0. The van der Waals surface area contributed by atoms with Crippen molar-refractivity contribution < 1.29 is 0 Å². The van der Waals surface area contributed by atoms with Gasteiger partial charge in [0.1, 0.15) is 0 Å². The van der Waals surface area contributed by atoms with E-state index in [2.05, 4.69) is 40.5 Å². The Labute approximate surface area is 160 Å². The molecule has 1 saturated heterocycles. The van der Waals surface area contributed by atoms with Crippen molar-refractivity contribution in [2.24, 2.45) is 5.92 Å². The Bertz CT molecular complexity index is 772. The van der Waals surface area contributed by atoms with Crippen LogP contribution in [0.4, 0.5) is 0 Å². The van der Waals surface area contributed by atoms with Gasteiger partial charge in [0.15, 0.2) is 4.77 Å². The lowest BCUT2D eigenvalue weighted by molar-refractivity contribution is 0.0991. The van der Waals surface area contributed by atoms with Crippen molar-refractivity contribution in [3.63, 3.8) is 0 Å². The van der Waals surface area contributed by atoms with Gasteiger partial charge in [-0.2, -0.15) is 0 Å². The smallest absolute Gasteiger partial charge is 0.185 e. The van der Waals surface area contributed by atoms with Crippen molar-refractivity contribution in [1.82, 2.24) is 18.9 Å². The standard InChI is InChI=1S/C19H27ClN4S/c1-15(2)13-21-7-9-22(10-8-21)14-23-11-12-24(19(23)25)18-6-4-5-17(20)16(18)3/h4-6,11-12,15H,7-10,13-14H2,1-3H3. The largest absolute Gasteiger partial charge is 0.310 e. The Morgan fingerprint density at radius 3 is 2.44 bits per heavy atom. The molecule has 1 aliphatic heterocycles. The molecule has 1 aromatic heterocycles. The fourth-order valence-electron chi connectivity index (χ4n) is 3.41. The molecule has 0 unspecified atom stereocenters. The van der Waals surface area contributed by atoms with E-state index in [4.69, 9.17) is 23.8 Å². The van der Waals surface area contributed by atoms with Crippen LogP contribution in [0.2, 0.25) is 5.02 Å². The number of rotatable bonds is 5. The highest BCUT2D eigenvalue weighted by Crippen LogP contribution is 2.22. The number of hydrogen-bond donors (Lipinski definition) is 0. The zero-order valence-electron chi connectivity index (χ0n) is 15.3. The molecule has 0 spiro atoms. The molecule has 1 aromatic carbocycles. The van der Waals surface area contributed by atoms with Gasteiger partial charge in [-0.15, -0.1) is 0 Å². The first-order valence-corrected chi connectivity index (χ1v) is 9.72. The first kappa shape index (κ1) is 18.6. The minimum Gasteiger partial charge on any atom is -0.310 e. The van der Waals surface area contributed by atoms with Gasteiger partial charge in [-0.05, 0) is 42.8 Å². The predicted molar refractivity (Wildman–Crippen MR) is 107 cm³/mol. The molecule has 0 bridgehead atoms. The van der Waals surface area contributed by atoms with Crippen LogP contribution in [0.15, 0.2) is 30.6 Å². The van der Waals surface area contributed by atoms with Crippen molar-refractivity contribution >= 4 is 23.8 Å². The van der Waals surface area contributed by atoms with E-state index in [1.165, 1.54) is 6.54 Å². The van der Waals surface area contributed by atoms with Gasteiger partial charge in [0.05, 0.1) is 12.4 Å². The number of imidazole rings is 1. The van der Waals surface area contributed by atoms with Crippen LogP contribution in [0.25, 0.3) is 5.69 Å². The van der Waals surface area contributed by atoms with Crippen molar-refractivity contribution in [3.8, 4) is 5.69 Å². The molecule has 0 N–H and O–H groups in total. The van der Waals surface area contributed by atoms with E-state index in [-0.39, 0.29) is 0 Å². The van der Waals surface area contributed by atoms with Crippen LogP contribution in [0.5, 0.6) is 0 Å². The lowest BCUT2D eigenvalue weighted by Gasteiger charge is -2.35. The molecular weight excluding hydrogens is 352 g/mol. The molecule has 25 heavy (non-hydrogen) atoms. The molecular formula is C19H27ClN4S. The zero-order valence-corrected chi connectivity index (χ0v) is 16.9. The molecule has 0 atom stereocenters. The van der Waals surface area contributed by atoms with Gasteiger partial charge in [0.2, 0.25) is 0 Å². The molecule has 2 aromatic rings. The summed E-state index contributed by atoms with van der Waals surface area (Å²) in [4.78, 5) is 5.03. The number of piperazine rings is 1. The van der Waals surface area contributed by atoms with E-state index < -0.39 is 0 Å². The molecule has 0 amide bonds. The predicted octanol–water partition coefficient (Wildman–Crippen LogP) is 4.20. The van der Waals surface area contributed by atoms with E-state index in [0.29, 0.717) is 0 Å². The van der Waals surface area contributed by atoms with Crippen LogP contribution in [0.3, 0.4) is 0 Å². The lowest BCUT2D eigenvalue weighted by Crippen LogP contribution is -2.47. The van der Waals surface area contributed by atoms with Crippen molar-refractivity contribution in [1.29, 1.82) is 0 Å². The molecule has 4 nitrogen and oxygen atoms in total. The second-order valence-corrected chi connectivity index (χ2v) is 8.03. The number of aromatic nitrogens is 2. The quantitative estimate of drug-likeness (QED) is 0.725. The summed E-state index contributed by atoms with van der Waals surface area (Å²) < 4.78 is 5.01. The van der Waals surface area contributed by atoms with Crippen LogP contribution in [0.1, 0.15) is 19.4 Å². The average molecular weight is 379 g/mol. The van der Waals surface area contributed by atoms with Gasteiger partial charge in [0, 0.05) is 50.1 Å². The maximum atomic E-state index is 6.26. The van der Waals surface area contributed by atoms with E-state index in [1.807, 2.05) is 29.8 Å². The third kappa shape index (κ3) is 4.34. The van der Waals surface area contributed by atoms with Crippen LogP contribution in [-0.2, 0) is 6.67 Å². The van der Waals surface area contributed by atoms with Crippen molar-refractivity contribution in [2.45, 2.75) is 27.4 Å². The number of nitrogens with zero attached hydrogens (tertiary/aromatic N) is 4. The van der Waals surface area contributed by atoms with Crippen molar-refractivity contribution in [2.75, 3.05) is 32.7 Å². The van der Waals surface area contributed by atoms with Gasteiger partial charge in [0.25, 0.3) is 0 Å². The normalized spacial score (nSPS) is 16.7. The number of halogens is 1. The highest BCUT2D eigenvalue weighted by Gasteiger charge is 2.18. The monoisotopic (exact) mass is 378 g/mol. The molecule has 0 radical (unpaired) electrons. The second-order valence-electron chi connectivity index (χ2n) is 7.26. The number of hydrogen-bond acceptors (Lipinski definition) is 3. The molecule has 3 rings (SSSR count). The highest BCUT2D eigenvalue weighted by molar-refractivity contribution is 7.71. The van der Waals surface area contributed by atoms with E-state index in [9.17, 15) is 0 Å². The topological polar surface area (TPSA) is 16.3 Å². The minimum absolute atomic E-state index is 0.732. The van der Waals surface area contributed by atoms with Gasteiger partial charge in [-0.3, -0.25) is 9.47 Å². The first-order valence-electron chi connectivity index (χ1n) is 8.93. The van der Waals surface area contributed by atoms with Gasteiger partial charge < -0.3 is 9.47 Å². The summed E-state index contributed by atoms with van der Waals surface area (Å²) in [5, 5.41) is 0.772. The SMILES string of the molecule is Cc1c(Cl)cccc1-n1ccn(CN2CCN(CC(C)C)CC2)c1=S. The Balaban J connectivity index is 1.69. The second kappa shape index (κ2) is 8.04. The van der Waals surface area contributed by atoms with Crippen molar-refractivity contribution in [3.05, 3.63) is 45.9 Å². The fraction of sp³-hybridized carbons (Fsp3) is 0.526. The Kier molecular flexibility index (Phi) is 6.00. The third-order valence-electron chi connectivity index (χ3n) is 4.79.